The van der Waals surface area contributed by atoms with Crippen molar-refractivity contribution in [2.24, 2.45) is 11.7 Å². The van der Waals surface area contributed by atoms with E-state index in [0.717, 1.165) is 5.56 Å². The largest absolute Gasteiger partial charge is 0.396 e. The highest BCUT2D eigenvalue weighted by Crippen LogP contribution is 2.18. The Morgan fingerprint density at radius 3 is 2.71 bits per heavy atom. The fraction of sp³-hybridized carbons (Fsp3) is 0.400. The smallest absolute Gasteiger partial charge is 0.141 e. The van der Waals surface area contributed by atoms with Crippen LogP contribution in [0.4, 0.5) is 4.39 Å². The Morgan fingerprint density at radius 2 is 2.21 bits per heavy atom. The molecule has 0 aromatic heterocycles. The van der Waals surface area contributed by atoms with Crippen LogP contribution in [0.25, 0.3) is 0 Å². The first-order valence-electron chi connectivity index (χ1n) is 4.42. The third-order valence-corrected chi connectivity index (χ3v) is 2.39. The number of nitrogens with two attached hydrogens (primary N) is 1. The van der Waals surface area contributed by atoms with Gasteiger partial charge in [0.15, 0.2) is 0 Å². The number of aliphatic hydroxyl groups excluding tert-OH is 1. The molecule has 0 aliphatic rings. The second-order valence-electron chi connectivity index (χ2n) is 3.24. The molecule has 0 bridgehead atoms. The van der Waals surface area contributed by atoms with Crippen LogP contribution in [0.2, 0.25) is 5.02 Å². The number of benzene rings is 1. The minimum absolute atomic E-state index is 0.0107. The first-order valence-corrected chi connectivity index (χ1v) is 4.80. The van der Waals surface area contributed by atoms with Gasteiger partial charge in [-0.3, -0.25) is 0 Å². The van der Waals surface area contributed by atoms with Gasteiger partial charge in [0.25, 0.3) is 0 Å². The van der Waals surface area contributed by atoms with Gasteiger partial charge in [0.05, 0.1) is 5.02 Å². The van der Waals surface area contributed by atoms with Gasteiger partial charge in [-0.2, -0.15) is 0 Å². The van der Waals surface area contributed by atoms with E-state index in [1.807, 2.05) is 0 Å². The second kappa shape index (κ2) is 5.29. The van der Waals surface area contributed by atoms with Crippen LogP contribution >= 0.6 is 11.6 Å². The molecule has 0 saturated carbocycles. The summed E-state index contributed by atoms with van der Waals surface area (Å²) in [5.74, 6) is -0.416. The summed E-state index contributed by atoms with van der Waals surface area (Å²) < 4.78 is 12.8. The Bertz CT molecular complexity index is 302. The van der Waals surface area contributed by atoms with E-state index in [0.29, 0.717) is 13.0 Å². The number of hydrogen-bond donors (Lipinski definition) is 2. The monoisotopic (exact) mass is 217 g/mol. The summed E-state index contributed by atoms with van der Waals surface area (Å²) in [6.45, 7) is 0.441. The van der Waals surface area contributed by atoms with Gasteiger partial charge in [-0.1, -0.05) is 17.7 Å². The van der Waals surface area contributed by atoms with Crippen molar-refractivity contribution >= 4 is 11.6 Å². The molecule has 3 N–H and O–H groups in total. The maximum atomic E-state index is 12.8. The van der Waals surface area contributed by atoms with E-state index in [4.69, 9.17) is 22.4 Å². The first-order chi connectivity index (χ1) is 6.67. The van der Waals surface area contributed by atoms with E-state index >= 15 is 0 Å². The van der Waals surface area contributed by atoms with Crippen LogP contribution in [0, 0.1) is 11.7 Å². The number of aliphatic hydroxyl groups is 1. The van der Waals surface area contributed by atoms with Gasteiger partial charge in [0.1, 0.15) is 5.82 Å². The summed E-state index contributed by atoms with van der Waals surface area (Å²) in [6, 6.07) is 4.54. The topological polar surface area (TPSA) is 46.2 Å². The number of rotatable bonds is 4. The lowest BCUT2D eigenvalue weighted by molar-refractivity contribution is 0.230. The summed E-state index contributed by atoms with van der Waals surface area (Å²) in [5, 5.41) is 9.03. The van der Waals surface area contributed by atoms with Crippen molar-refractivity contribution in [3.05, 3.63) is 34.6 Å². The van der Waals surface area contributed by atoms with E-state index in [2.05, 4.69) is 0 Å². The highest BCUT2D eigenvalue weighted by Gasteiger charge is 2.07. The fourth-order valence-electron chi connectivity index (χ4n) is 1.22. The van der Waals surface area contributed by atoms with E-state index in [1.165, 1.54) is 6.07 Å². The molecule has 1 rings (SSSR count). The maximum Gasteiger partial charge on any atom is 0.141 e. The molecule has 1 atom stereocenters. The van der Waals surface area contributed by atoms with Gasteiger partial charge in [0.2, 0.25) is 0 Å². The van der Waals surface area contributed by atoms with Crippen molar-refractivity contribution in [3.63, 3.8) is 0 Å². The van der Waals surface area contributed by atoms with E-state index < -0.39 is 5.82 Å². The Balaban J connectivity index is 2.72. The standard InChI is InChI=1S/C10H13ClFNO/c11-9-4-7(1-2-10(9)12)3-8(5-13)6-14/h1-2,4,8,14H,3,5-6,13H2. The molecule has 1 aromatic rings. The van der Waals surface area contributed by atoms with Gasteiger partial charge >= 0.3 is 0 Å². The van der Waals surface area contributed by atoms with Crippen LogP contribution in [0.15, 0.2) is 18.2 Å². The molecule has 14 heavy (non-hydrogen) atoms. The molecule has 78 valence electrons. The molecule has 2 nitrogen and oxygen atoms in total. The van der Waals surface area contributed by atoms with Crippen LogP contribution in [-0.2, 0) is 6.42 Å². The van der Waals surface area contributed by atoms with Gasteiger partial charge in [-0.05, 0) is 36.6 Å². The van der Waals surface area contributed by atoms with Gasteiger partial charge < -0.3 is 10.8 Å². The molecule has 0 radical (unpaired) electrons. The van der Waals surface area contributed by atoms with Crippen molar-refractivity contribution in [2.75, 3.05) is 13.2 Å². The molecule has 1 aromatic carbocycles. The number of halogens is 2. The third-order valence-electron chi connectivity index (χ3n) is 2.10. The average Bonchev–Trinajstić information content (AvgIpc) is 2.19. The second-order valence-corrected chi connectivity index (χ2v) is 3.64. The maximum absolute atomic E-state index is 12.8. The summed E-state index contributed by atoms with van der Waals surface area (Å²) in [7, 11) is 0. The van der Waals surface area contributed by atoms with Crippen LogP contribution in [-0.4, -0.2) is 18.3 Å². The van der Waals surface area contributed by atoms with E-state index in [9.17, 15) is 4.39 Å². The Labute approximate surface area is 87.5 Å². The zero-order valence-corrected chi connectivity index (χ0v) is 8.47. The van der Waals surface area contributed by atoms with E-state index in [1.54, 1.807) is 12.1 Å². The van der Waals surface area contributed by atoms with Crippen molar-refractivity contribution in [3.8, 4) is 0 Å². The summed E-state index contributed by atoms with van der Waals surface area (Å²) in [5.41, 5.74) is 6.32. The van der Waals surface area contributed by atoms with Crippen molar-refractivity contribution < 1.29 is 9.50 Å². The molecule has 0 saturated heterocycles. The minimum Gasteiger partial charge on any atom is -0.396 e. The first kappa shape index (κ1) is 11.4. The third kappa shape index (κ3) is 2.94. The van der Waals surface area contributed by atoms with Crippen LogP contribution in [0.5, 0.6) is 0 Å². The fourth-order valence-corrected chi connectivity index (χ4v) is 1.43. The van der Waals surface area contributed by atoms with Gasteiger partial charge in [-0.25, -0.2) is 4.39 Å². The highest BCUT2D eigenvalue weighted by atomic mass is 35.5. The Hall–Kier alpha value is -0.640. The predicted octanol–water partition coefficient (Wildman–Crippen LogP) is 1.59. The van der Waals surface area contributed by atoms with Crippen LogP contribution in [0.1, 0.15) is 5.56 Å². The molecule has 0 amide bonds. The molecule has 1 unspecified atom stereocenters. The minimum atomic E-state index is -0.427. The quantitative estimate of drug-likeness (QED) is 0.805. The van der Waals surface area contributed by atoms with Crippen molar-refractivity contribution in [1.82, 2.24) is 0 Å². The summed E-state index contributed by atoms with van der Waals surface area (Å²) >= 11 is 5.61. The molecule has 0 spiro atoms. The molecule has 0 heterocycles. The molecular weight excluding hydrogens is 205 g/mol. The zero-order chi connectivity index (χ0) is 10.6. The Morgan fingerprint density at radius 1 is 1.50 bits per heavy atom. The van der Waals surface area contributed by atoms with Crippen molar-refractivity contribution in [2.45, 2.75) is 6.42 Å². The summed E-state index contributed by atoms with van der Waals surface area (Å²) in [6.07, 6.45) is 0.618. The zero-order valence-electron chi connectivity index (χ0n) is 7.71. The lowest BCUT2D eigenvalue weighted by Crippen LogP contribution is -2.20. The molecule has 4 heteroatoms. The number of hydrogen-bond acceptors (Lipinski definition) is 2. The average molecular weight is 218 g/mol. The van der Waals surface area contributed by atoms with Crippen molar-refractivity contribution in [1.29, 1.82) is 0 Å². The normalized spacial score (nSPS) is 12.9. The Kier molecular flexibility index (Phi) is 4.32. The predicted molar refractivity (Wildman–Crippen MR) is 54.7 cm³/mol. The molecule has 0 aliphatic carbocycles. The SMILES string of the molecule is NCC(CO)Cc1ccc(F)c(Cl)c1. The van der Waals surface area contributed by atoms with Gasteiger partial charge in [0, 0.05) is 6.61 Å². The van der Waals surface area contributed by atoms with Crippen LogP contribution in [0.3, 0.4) is 0 Å². The molecular formula is C10H13ClFNO. The highest BCUT2D eigenvalue weighted by molar-refractivity contribution is 6.30. The van der Waals surface area contributed by atoms with Crippen LogP contribution < -0.4 is 5.73 Å². The molecule has 0 fully saturated rings. The molecule has 0 aliphatic heterocycles. The lowest BCUT2D eigenvalue weighted by atomic mass is 10.0. The van der Waals surface area contributed by atoms with Gasteiger partial charge in [-0.15, -0.1) is 0 Å². The summed E-state index contributed by atoms with van der Waals surface area (Å²) in [4.78, 5) is 0. The lowest BCUT2D eigenvalue weighted by Gasteiger charge is -2.11. The van der Waals surface area contributed by atoms with E-state index in [-0.39, 0.29) is 17.5 Å².